The second-order valence-corrected chi connectivity index (χ2v) is 4.07. The van der Waals surface area contributed by atoms with Crippen LogP contribution in [0.2, 0.25) is 0 Å². The number of hydrogen-bond donors (Lipinski definition) is 2. The Morgan fingerprint density at radius 3 is 2.35 bits per heavy atom. The van der Waals surface area contributed by atoms with Gasteiger partial charge in [-0.25, -0.2) is 0 Å². The van der Waals surface area contributed by atoms with E-state index in [1.807, 2.05) is 30.3 Å². The van der Waals surface area contributed by atoms with Crippen LogP contribution in [0.4, 0.5) is 0 Å². The standard InChI is InChI=1S/C13H18N2O2/c14-12(13(15)17)9-8-11(16)7-6-10-4-2-1-3-5-10/h1-5,12H,6-9,14H2,(H2,15,17). The molecule has 0 aliphatic heterocycles. The van der Waals surface area contributed by atoms with E-state index in [9.17, 15) is 9.59 Å². The highest BCUT2D eigenvalue weighted by molar-refractivity contribution is 5.82. The minimum Gasteiger partial charge on any atom is -0.368 e. The Morgan fingerprint density at radius 2 is 1.76 bits per heavy atom. The van der Waals surface area contributed by atoms with Gasteiger partial charge in [-0.1, -0.05) is 30.3 Å². The zero-order valence-electron chi connectivity index (χ0n) is 9.76. The molecular weight excluding hydrogens is 216 g/mol. The van der Waals surface area contributed by atoms with Crippen molar-refractivity contribution in [1.29, 1.82) is 0 Å². The average molecular weight is 234 g/mol. The van der Waals surface area contributed by atoms with Crippen LogP contribution >= 0.6 is 0 Å². The molecule has 0 bridgehead atoms. The van der Waals surface area contributed by atoms with Gasteiger partial charge in [-0.15, -0.1) is 0 Å². The van der Waals surface area contributed by atoms with Gasteiger partial charge in [0.15, 0.2) is 0 Å². The van der Waals surface area contributed by atoms with Crippen molar-refractivity contribution in [2.75, 3.05) is 0 Å². The molecule has 4 N–H and O–H groups in total. The summed E-state index contributed by atoms with van der Waals surface area (Å²) in [4.78, 5) is 22.2. The van der Waals surface area contributed by atoms with Gasteiger partial charge in [0.05, 0.1) is 6.04 Å². The van der Waals surface area contributed by atoms with Gasteiger partial charge in [0.2, 0.25) is 5.91 Å². The highest BCUT2D eigenvalue weighted by Crippen LogP contribution is 2.05. The summed E-state index contributed by atoms with van der Waals surface area (Å²) in [5, 5.41) is 0. The van der Waals surface area contributed by atoms with Gasteiger partial charge < -0.3 is 11.5 Å². The second kappa shape index (κ2) is 6.81. The fourth-order valence-electron chi connectivity index (χ4n) is 1.51. The molecule has 0 fully saturated rings. The molecular formula is C13H18N2O2. The summed E-state index contributed by atoms with van der Waals surface area (Å²) in [6.07, 6.45) is 1.86. The predicted molar refractivity (Wildman–Crippen MR) is 66.2 cm³/mol. The molecule has 0 saturated carbocycles. The molecule has 0 radical (unpaired) electrons. The van der Waals surface area contributed by atoms with E-state index in [4.69, 9.17) is 11.5 Å². The Bertz CT molecular complexity index is 376. The second-order valence-electron chi connectivity index (χ2n) is 4.07. The summed E-state index contributed by atoms with van der Waals surface area (Å²) in [5.74, 6) is -0.439. The van der Waals surface area contributed by atoms with Crippen molar-refractivity contribution >= 4 is 11.7 Å². The molecule has 4 heteroatoms. The number of rotatable bonds is 7. The number of benzene rings is 1. The summed E-state index contributed by atoms with van der Waals surface area (Å²) in [6.45, 7) is 0. The molecule has 0 spiro atoms. The molecule has 4 nitrogen and oxygen atoms in total. The lowest BCUT2D eigenvalue weighted by Crippen LogP contribution is -2.36. The maximum atomic E-state index is 11.5. The Balaban J connectivity index is 2.24. The van der Waals surface area contributed by atoms with Crippen molar-refractivity contribution in [3.63, 3.8) is 0 Å². The number of carbonyl (C=O) groups is 2. The first kappa shape index (κ1) is 13.4. The summed E-state index contributed by atoms with van der Waals surface area (Å²) in [6, 6.07) is 9.10. The number of aryl methyl sites for hydroxylation is 1. The van der Waals surface area contributed by atoms with Gasteiger partial charge in [0.1, 0.15) is 5.78 Å². The third kappa shape index (κ3) is 5.26. The zero-order valence-corrected chi connectivity index (χ0v) is 9.76. The highest BCUT2D eigenvalue weighted by Gasteiger charge is 2.11. The number of nitrogens with two attached hydrogens (primary N) is 2. The van der Waals surface area contributed by atoms with E-state index >= 15 is 0 Å². The molecule has 0 aliphatic rings. The van der Waals surface area contributed by atoms with Gasteiger partial charge in [-0.05, 0) is 18.4 Å². The first-order valence-electron chi connectivity index (χ1n) is 5.70. The number of primary amides is 1. The van der Waals surface area contributed by atoms with Crippen LogP contribution in [0.1, 0.15) is 24.8 Å². The van der Waals surface area contributed by atoms with Crippen LogP contribution in [-0.2, 0) is 16.0 Å². The Morgan fingerprint density at radius 1 is 1.12 bits per heavy atom. The Labute approximate surface area is 101 Å². The third-order valence-electron chi connectivity index (χ3n) is 2.63. The minimum absolute atomic E-state index is 0.116. The number of ketones is 1. The van der Waals surface area contributed by atoms with Crippen LogP contribution in [0.15, 0.2) is 30.3 Å². The van der Waals surface area contributed by atoms with E-state index in [1.165, 1.54) is 0 Å². The maximum absolute atomic E-state index is 11.5. The largest absolute Gasteiger partial charge is 0.368 e. The number of amides is 1. The van der Waals surface area contributed by atoms with Crippen LogP contribution in [0.25, 0.3) is 0 Å². The molecule has 0 saturated heterocycles. The van der Waals surface area contributed by atoms with Gasteiger partial charge in [-0.2, -0.15) is 0 Å². The lowest BCUT2D eigenvalue weighted by molar-refractivity contribution is -0.120. The number of hydrogen-bond acceptors (Lipinski definition) is 3. The molecule has 0 aromatic heterocycles. The molecule has 1 unspecified atom stereocenters. The molecule has 0 heterocycles. The van der Waals surface area contributed by atoms with Crippen LogP contribution in [-0.4, -0.2) is 17.7 Å². The van der Waals surface area contributed by atoms with Crippen molar-refractivity contribution in [3.8, 4) is 0 Å². The van der Waals surface area contributed by atoms with Crippen LogP contribution in [0.5, 0.6) is 0 Å². The van der Waals surface area contributed by atoms with E-state index in [0.29, 0.717) is 19.3 Å². The molecule has 1 amide bonds. The third-order valence-corrected chi connectivity index (χ3v) is 2.63. The Hall–Kier alpha value is -1.68. The molecule has 1 aromatic rings. The molecule has 1 atom stereocenters. The molecule has 0 aliphatic carbocycles. The van der Waals surface area contributed by atoms with Crippen molar-refractivity contribution in [1.82, 2.24) is 0 Å². The van der Waals surface area contributed by atoms with E-state index in [0.717, 1.165) is 12.0 Å². The predicted octanol–water partition coefficient (Wildman–Crippen LogP) is 0.781. The molecule has 1 aromatic carbocycles. The van der Waals surface area contributed by atoms with Crippen molar-refractivity contribution < 1.29 is 9.59 Å². The lowest BCUT2D eigenvalue weighted by atomic mass is 10.0. The van der Waals surface area contributed by atoms with Gasteiger partial charge in [0, 0.05) is 12.8 Å². The smallest absolute Gasteiger partial charge is 0.234 e. The zero-order chi connectivity index (χ0) is 12.7. The van der Waals surface area contributed by atoms with Gasteiger partial charge >= 0.3 is 0 Å². The Kier molecular flexibility index (Phi) is 5.36. The van der Waals surface area contributed by atoms with Crippen molar-refractivity contribution in [3.05, 3.63) is 35.9 Å². The van der Waals surface area contributed by atoms with Crippen LogP contribution in [0, 0.1) is 0 Å². The first-order valence-corrected chi connectivity index (χ1v) is 5.70. The average Bonchev–Trinajstić information content (AvgIpc) is 2.34. The number of Topliss-reactive ketones (excluding diaryl/α,β-unsaturated/α-hetero) is 1. The van der Waals surface area contributed by atoms with E-state index in [1.54, 1.807) is 0 Å². The molecule has 1 rings (SSSR count). The molecule has 17 heavy (non-hydrogen) atoms. The summed E-state index contributed by atoms with van der Waals surface area (Å²) in [5.41, 5.74) is 11.6. The summed E-state index contributed by atoms with van der Waals surface area (Å²) in [7, 11) is 0. The summed E-state index contributed by atoms with van der Waals surface area (Å²) >= 11 is 0. The van der Waals surface area contributed by atoms with Gasteiger partial charge in [0.25, 0.3) is 0 Å². The first-order chi connectivity index (χ1) is 8.09. The SMILES string of the molecule is NC(=O)C(N)CCC(=O)CCc1ccccc1. The quantitative estimate of drug-likeness (QED) is 0.731. The number of carbonyl (C=O) groups excluding carboxylic acids is 2. The van der Waals surface area contributed by atoms with Crippen molar-refractivity contribution in [2.45, 2.75) is 31.7 Å². The summed E-state index contributed by atoms with van der Waals surface area (Å²) < 4.78 is 0. The van der Waals surface area contributed by atoms with Gasteiger partial charge in [-0.3, -0.25) is 9.59 Å². The van der Waals surface area contributed by atoms with E-state index in [-0.39, 0.29) is 5.78 Å². The molecule has 92 valence electrons. The normalized spacial score (nSPS) is 12.1. The highest BCUT2D eigenvalue weighted by atomic mass is 16.1. The van der Waals surface area contributed by atoms with Crippen LogP contribution < -0.4 is 11.5 Å². The van der Waals surface area contributed by atoms with E-state index in [2.05, 4.69) is 0 Å². The lowest BCUT2D eigenvalue weighted by Gasteiger charge is -2.06. The maximum Gasteiger partial charge on any atom is 0.234 e. The van der Waals surface area contributed by atoms with Crippen LogP contribution in [0.3, 0.4) is 0 Å². The fraction of sp³-hybridized carbons (Fsp3) is 0.385. The topological polar surface area (TPSA) is 86.2 Å². The van der Waals surface area contributed by atoms with E-state index < -0.39 is 11.9 Å². The minimum atomic E-state index is -0.712. The fourth-order valence-corrected chi connectivity index (χ4v) is 1.51. The monoisotopic (exact) mass is 234 g/mol. The van der Waals surface area contributed by atoms with Crippen molar-refractivity contribution in [2.24, 2.45) is 11.5 Å².